The average molecular weight is 385 g/mol. The molecule has 0 aliphatic carbocycles. The lowest BCUT2D eigenvalue weighted by Gasteiger charge is -2.10. The van der Waals surface area contributed by atoms with Gasteiger partial charge in [-0.25, -0.2) is 4.98 Å². The fourth-order valence-corrected chi connectivity index (χ4v) is 2.85. The van der Waals surface area contributed by atoms with E-state index in [4.69, 9.17) is 23.2 Å². The Kier molecular flexibility index (Phi) is 4.24. The number of pyridine rings is 1. The number of benzene rings is 2. The van der Waals surface area contributed by atoms with Gasteiger partial charge in [-0.2, -0.15) is 5.21 Å². The van der Waals surface area contributed by atoms with Crippen LogP contribution in [0.4, 0.5) is 5.95 Å². The molecule has 26 heavy (non-hydrogen) atoms. The van der Waals surface area contributed by atoms with Gasteiger partial charge in [0, 0.05) is 10.9 Å². The number of rotatable bonds is 3. The van der Waals surface area contributed by atoms with Crippen LogP contribution in [-0.2, 0) is 0 Å². The number of nitrogens with one attached hydrogen (secondary N) is 2. The Morgan fingerprint density at radius 2 is 1.88 bits per heavy atom. The van der Waals surface area contributed by atoms with Crippen molar-refractivity contribution >= 4 is 46.0 Å². The number of carbonyl (C=O) groups is 1. The first kappa shape index (κ1) is 16.4. The lowest BCUT2D eigenvalue weighted by atomic mass is 10.0. The summed E-state index contributed by atoms with van der Waals surface area (Å²) in [6, 6.07) is 14.2. The lowest BCUT2D eigenvalue weighted by molar-refractivity contribution is 0.102. The van der Waals surface area contributed by atoms with Crippen LogP contribution in [-0.4, -0.2) is 31.5 Å². The van der Waals surface area contributed by atoms with E-state index in [2.05, 4.69) is 30.9 Å². The number of hydrogen-bond donors (Lipinski definition) is 2. The molecule has 0 radical (unpaired) electrons. The highest BCUT2D eigenvalue weighted by atomic mass is 35.5. The van der Waals surface area contributed by atoms with Crippen LogP contribution >= 0.6 is 23.2 Å². The second-order valence-corrected chi connectivity index (χ2v) is 6.21. The number of tetrazole rings is 1. The average Bonchev–Trinajstić information content (AvgIpc) is 3.16. The van der Waals surface area contributed by atoms with Gasteiger partial charge in [0.2, 0.25) is 0 Å². The zero-order chi connectivity index (χ0) is 18.1. The number of carbonyl (C=O) groups excluding carboxylic acids is 1. The van der Waals surface area contributed by atoms with E-state index in [1.54, 1.807) is 24.3 Å². The van der Waals surface area contributed by atoms with E-state index in [-0.39, 0.29) is 11.9 Å². The van der Waals surface area contributed by atoms with E-state index in [1.165, 1.54) is 0 Å². The first-order chi connectivity index (χ1) is 12.6. The smallest absolute Gasteiger partial charge is 0.270 e. The minimum atomic E-state index is -0.369. The second-order valence-electron chi connectivity index (χ2n) is 5.39. The van der Waals surface area contributed by atoms with Crippen LogP contribution in [0.2, 0.25) is 10.0 Å². The van der Waals surface area contributed by atoms with Crippen molar-refractivity contribution in [1.29, 1.82) is 0 Å². The Morgan fingerprint density at radius 3 is 2.65 bits per heavy atom. The van der Waals surface area contributed by atoms with Gasteiger partial charge in [0.25, 0.3) is 11.9 Å². The molecule has 0 saturated carbocycles. The maximum atomic E-state index is 12.7. The minimum absolute atomic E-state index is 0.0898. The molecule has 0 aliphatic rings. The predicted octanol–water partition coefficient (Wildman–Crippen LogP) is 3.97. The van der Waals surface area contributed by atoms with Crippen molar-refractivity contribution in [1.82, 2.24) is 25.6 Å². The molecule has 0 fully saturated rings. The van der Waals surface area contributed by atoms with Crippen LogP contribution in [0.15, 0.2) is 48.5 Å². The van der Waals surface area contributed by atoms with Crippen LogP contribution in [0.5, 0.6) is 0 Å². The number of anilines is 1. The minimum Gasteiger partial charge on any atom is -0.288 e. The van der Waals surface area contributed by atoms with Crippen molar-refractivity contribution in [2.45, 2.75) is 0 Å². The number of hydrogen-bond acceptors (Lipinski definition) is 5. The van der Waals surface area contributed by atoms with Crippen molar-refractivity contribution in [2.24, 2.45) is 0 Å². The summed E-state index contributed by atoms with van der Waals surface area (Å²) < 4.78 is 0. The summed E-state index contributed by atoms with van der Waals surface area (Å²) in [6.45, 7) is 0. The molecule has 2 aromatic carbocycles. The van der Waals surface area contributed by atoms with Gasteiger partial charge >= 0.3 is 0 Å². The Morgan fingerprint density at radius 1 is 1.04 bits per heavy atom. The van der Waals surface area contributed by atoms with Gasteiger partial charge in [-0.15, -0.1) is 5.10 Å². The Labute approximate surface area is 157 Å². The molecule has 2 N–H and O–H groups in total. The van der Waals surface area contributed by atoms with E-state index in [9.17, 15) is 4.79 Å². The summed E-state index contributed by atoms with van der Waals surface area (Å²) >= 11 is 12.1. The number of halogens is 2. The molecule has 7 nitrogen and oxygen atoms in total. The highest BCUT2D eigenvalue weighted by Gasteiger charge is 2.16. The van der Waals surface area contributed by atoms with E-state index >= 15 is 0 Å². The zero-order valence-electron chi connectivity index (χ0n) is 13.1. The number of H-pyrrole nitrogens is 1. The Bertz CT molecular complexity index is 1110. The molecule has 1 amide bonds. The van der Waals surface area contributed by atoms with Crippen molar-refractivity contribution in [3.8, 4) is 11.3 Å². The molecule has 0 unspecified atom stereocenters. The summed E-state index contributed by atoms with van der Waals surface area (Å²) in [5.74, 6) is -0.279. The Balaban J connectivity index is 1.85. The normalized spacial score (nSPS) is 10.8. The molecule has 4 rings (SSSR count). The number of amides is 1. The number of fused-ring (bicyclic) bond motifs is 1. The fourth-order valence-electron chi connectivity index (χ4n) is 2.55. The summed E-state index contributed by atoms with van der Waals surface area (Å²) in [6.07, 6.45) is 0. The van der Waals surface area contributed by atoms with Crippen LogP contribution in [0, 0.1) is 0 Å². The van der Waals surface area contributed by atoms with Crippen LogP contribution < -0.4 is 5.32 Å². The first-order valence-electron chi connectivity index (χ1n) is 7.52. The van der Waals surface area contributed by atoms with Gasteiger partial charge in [-0.1, -0.05) is 52.6 Å². The molecular formula is C17H10Cl2N6O. The van der Waals surface area contributed by atoms with E-state index in [0.717, 1.165) is 5.56 Å². The molecule has 9 heteroatoms. The third-order valence-corrected chi connectivity index (χ3v) is 4.49. The maximum absolute atomic E-state index is 12.7. The summed E-state index contributed by atoms with van der Waals surface area (Å²) in [5.41, 5.74) is 2.45. The van der Waals surface area contributed by atoms with Gasteiger partial charge in [-0.05, 0) is 29.5 Å². The van der Waals surface area contributed by atoms with Crippen molar-refractivity contribution in [3.05, 3.63) is 64.1 Å². The molecule has 0 bridgehead atoms. The molecule has 0 atom stereocenters. The van der Waals surface area contributed by atoms with Gasteiger partial charge in [0.1, 0.15) is 0 Å². The molecule has 2 heterocycles. The Hall–Kier alpha value is -3.03. The molecule has 0 saturated heterocycles. The van der Waals surface area contributed by atoms with Gasteiger partial charge in [0.15, 0.2) is 0 Å². The van der Waals surface area contributed by atoms with Crippen molar-refractivity contribution < 1.29 is 4.79 Å². The maximum Gasteiger partial charge on any atom is 0.270 e. The molecule has 4 aromatic rings. The number of nitrogens with zero attached hydrogens (tertiary/aromatic N) is 4. The lowest BCUT2D eigenvalue weighted by Crippen LogP contribution is -2.14. The number of aromatic nitrogens is 5. The highest BCUT2D eigenvalue weighted by Crippen LogP contribution is 2.30. The van der Waals surface area contributed by atoms with Crippen LogP contribution in [0.1, 0.15) is 10.4 Å². The van der Waals surface area contributed by atoms with E-state index in [1.807, 2.05) is 24.3 Å². The monoisotopic (exact) mass is 384 g/mol. The standard InChI is InChI=1S/C17H10Cl2N6O/c18-12-6-5-9(7-13(12)19)15-8-11(10-3-1-2-4-14(10)20-15)16(26)21-17-22-24-25-23-17/h1-8H,(H2,21,22,23,24,25,26). The second kappa shape index (κ2) is 6.70. The predicted molar refractivity (Wildman–Crippen MR) is 99.3 cm³/mol. The van der Waals surface area contributed by atoms with Gasteiger partial charge in [-0.3, -0.25) is 10.1 Å². The first-order valence-corrected chi connectivity index (χ1v) is 8.27. The SMILES string of the molecule is O=C(Nc1nn[nH]n1)c1cc(-c2ccc(Cl)c(Cl)c2)nc2ccccc12. The van der Waals surface area contributed by atoms with E-state index < -0.39 is 0 Å². The van der Waals surface area contributed by atoms with Crippen molar-refractivity contribution in [3.63, 3.8) is 0 Å². The molecule has 2 aromatic heterocycles. The fraction of sp³-hybridized carbons (Fsp3) is 0. The van der Waals surface area contributed by atoms with Crippen molar-refractivity contribution in [2.75, 3.05) is 5.32 Å². The number of para-hydroxylation sites is 1. The molecular weight excluding hydrogens is 375 g/mol. The van der Waals surface area contributed by atoms with Gasteiger partial charge in [0.05, 0.1) is 26.8 Å². The quantitative estimate of drug-likeness (QED) is 0.556. The third kappa shape index (κ3) is 3.10. The van der Waals surface area contributed by atoms with Gasteiger partial charge < -0.3 is 0 Å². The number of aromatic amines is 1. The molecule has 0 spiro atoms. The topological polar surface area (TPSA) is 96.5 Å². The largest absolute Gasteiger partial charge is 0.288 e. The molecule has 128 valence electrons. The summed E-state index contributed by atoms with van der Waals surface area (Å²) in [4.78, 5) is 17.3. The van der Waals surface area contributed by atoms with Crippen LogP contribution in [0.3, 0.4) is 0 Å². The third-order valence-electron chi connectivity index (χ3n) is 3.75. The summed E-state index contributed by atoms with van der Waals surface area (Å²) in [7, 11) is 0. The van der Waals surface area contributed by atoms with E-state index in [0.29, 0.717) is 32.2 Å². The summed E-state index contributed by atoms with van der Waals surface area (Å²) in [5, 5.41) is 17.4. The molecule has 0 aliphatic heterocycles. The highest BCUT2D eigenvalue weighted by molar-refractivity contribution is 6.42. The van der Waals surface area contributed by atoms with Crippen LogP contribution in [0.25, 0.3) is 22.2 Å². The zero-order valence-corrected chi connectivity index (χ0v) is 14.6.